The van der Waals surface area contributed by atoms with E-state index in [0.29, 0.717) is 11.1 Å². The van der Waals surface area contributed by atoms with Crippen LogP contribution in [0.5, 0.6) is 0 Å². The summed E-state index contributed by atoms with van der Waals surface area (Å²) in [6, 6.07) is 17.4. The van der Waals surface area contributed by atoms with E-state index in [1.165, 1.54) is 0 Å². The minimum Gasteiger partial charge on any atom is -0.288 e. The van der Waals surface area contributed by atoms with E-state index < -0.39 is 0 Å². The van der Waals surface area contributed by atoms with Crippen molar-refractivity contribution in [2.24, 2.45) is 0 Å². The van der Waals surface area contributed by atoms with Crippen LogP contribution in [-0.2, 0) is 0 Å². The average Bonchev–Trinajstić information content (AvgIpc) is 2.99. The molecule has 2 aromatic carbocycles. The van der Waals surface area contributed by atoms with Gasteiger partial charge in [-0.05, 0) is 35.7 Å². The molecular formula is C18H11BrN2O. The second-order valence-corrected chi connectivity index (χ2v) is 6.01. The zero-order chi connectivity index (χ0) is 15.1. The number of carbonyl (C=O) groups excluding carboxylic acids is 1. The molecule has 0 bridgehead atoms. The Balaban J connectivity index is 1.97. The summed E-state index contributed by atoms with van der Waals surface area (Å²) < 4.78 is 2.71. The molecule has 0 atom stereocenters. The Kier molecular flexibility index (Phi) is 3.05. The van der Waals surface area contributed by atoms with Gasteiger partial charge in [-0.2, -0.15) is 5.10 Å². The third kappa shape index (κ3) is 2.04. The van der Waals surface area contributed by atoms with Gasteiger partial charge in [-0.1, -0.05) is 40.2 Å². The Morgan fingerprint density at radius 1 is 1.00 bits per heavy atom. The van der Waals surface area contributed by atoms with E-state index in [2.05, 4.69) is 21.0 Å². The number of hydrogen-bond donors (Lipinski definition) is 0. The van der Waals surface area contributed by atoms with Gasteiger partial charge in [0.2, 0.25) is 0 Å². The van der Waals surface area contributed by atoms with E-state index in [1.807, 2.05) is 60.8 Å². The summed E-state index contributed by atoms with van der Waals surface area (Å²) in [5.74, 6) is -0.0150. The first-order chi connectivity index (χ1) is 10.7. The standard InChI is InChI=1S/C18H11BrN2O/c19-14-7-5-13(6-8-14)18(22)16-11-20-21-10-9-12-3-1-2-4-15(12)17(16)21/h1-11H. The number of rotatable bonds is 2. The number of hydrogen-bond acceptors (Lipinski definition) is 2. The molecule has 0 aliphatic rings. The van der Waals surface area contributed by atoms with E-state index in [0.717, 1.165) is 20.8 Å². The molecule has 4 aromatic rings. The van der Waals surface area contributed by atoms with Crippen LogP contribution in [0, 0.1) is 0 Å². The van der Waals surface area contributed by atoms with Gasteiger partial charge in [0, 0.05) is 21.6 Å². The summed E-state index contributed by atoms with van der Waals surface area (Å²) in [5, 5.41) is 6.45. The predicted octanol–water partition coefficient (Wildman–Crippen LogP) is 4.48. The molecule has 0 saturated carbocycles. The van der Waals surface area contributed by atoms with Crippen LogP contribution < -0.4 is 0 Å². The highest BCUT2D eigenvalue weighted by Gasteiger charge is 2.16. The zero-order valence-electron chi connectivity index (χ0n) is 11.5. The van der Waals surface area contributed by atoms with Crippen molar-refractivity contribution in [3.63, 3.8) is 0 Å². The summed E-state index contributed by atoms with van der Waals surface area (Å²) in [4.78, 5) is 12.8. The number of pyridine rings is 1. The molecule has 0 aliphatic carbocycles. The van der Waals surface area contributed by atoms with Gasteiger partial charge in [0.15, 0.2) is 5.78 Å². The minimum absolute atomic E-state index is 0.0150. The maximum Gasteiger partial charge on any atom is 0.196 e. The highest BCUT2D eigenvalue weighted by Crippen LogP contribution is 2.25. The second-order valence-electron chi connectivity index (χ2n) is 5.09. The van der Waals surface area contributed by atoms with Crippen molar-refractivity contribution < 1.29 is 4.79 Å². The van der Waals surface area contributed by atoms with Crippen LogP contribution in [0.4, 0.5) is 0 Å². The Labute approximate surface area is 135 Å². The summed E-state index contributed by atoms with van der Waals surface area (Å²) >= 11 is 3.39. The number of aromatic nitrogens is 2. The predicted molar refractivity (Wildman–Crippen MR) is 90.3 cm³/mol. The van der Waals surface area contributed by atoms with Gasteiger partial charge in [-0.3, -0.25) is 4.79 Å². The first-order valence-electron chi connectivity index (χ1n) is 6.89. The molecule has 0 unspecified atom stereocenters. The van der Waals surface area contributed by atoms with Crippen molar-refractivity contribution in [2.75, 3.05) is 0 Å². The van der Waals surface area contributed by atoms with Crippen LogP contribution in [0.2, 0.25) is 0 Å². The molecule has 3 nitrogen and oxygen atoms in total. The van der Waals surface area contributed by atoms with Crippen LogP contribution in [0.3, 0.4) is 0 Å². The maximum absolute atomic E-state index is 12.8. The molecule has 4 heteroatoms. The van der Waals surface area contributed by atoms with Crippen LogP contribution in [0.25, 0.3) is 16.3 Å². The van der Waals surface area contributed by atoms with Crippen LogP contribution in [0.15, 0.2) is 71.5 Å². The summed E-state index contributed by atoms with van der Waals surface area (Å²) in [7, 11) is 0. The summed E-state index contributed by atoms with van der Waals surface area (Å²) in [6.45, 7) is 0. The van der Waals surface area contributed by atoms with Gasteiger partial charge in [-0.25, -0.2) is 4.52 Å². The van der Waals surface area contributed by atoms with Crippen LogP contribution in [0.1, 0.15) is 15.9 Å². The topological polar surface area (TPSA) is 34.4 Å². The van der Waals surface area contributed by atoms with Crippen molar-refractivity contribution in [2.45, 2.75) is 0 Å². The molecule has 0 radical (unpaired) electrons. The molecule has 2 aromatic heterocycles. The van der Waals surface area contributed by atoms with E-state index in [1.54, 1.807) is 10.7 Å². The van der Waals surface area contributed by atoms with Crippen molar-refractivity contribution in [1.82, 2.24) is 9.61 Å². The van der Waals surface area contributed by atoms with E-state index >= 15 is 0 Å². The van der Waals surface area contributed by atoms with Gasteiger partial charge in [0.05, 0.1) is 17.3 Å². The molecule has 0 N–H and O–H groups in total. The number of nitrogens with zero attached hydrogens (tertiary/aromatic N) is 2. The minimum atomic E-state index is -0.0150. The molecular weight excluding hydrogens is 340 g/mol. The average molecular weight is 351 g/mol. The number of fused-ring (bicyclic) bond motifs is 3. The number of halogens is 1. The molecule has 106 valence electrons. The van der Waals surface area contributed by atoms with E-state index in [4.69, 9.17) is 0 Å². The fourth-order valence-electron chi connectivity index (χ4n) is 2.68. The third-order valence-electron chi connectivity index (χ3n) is 3.76. The first-order valence-corrected chi connectivity index (χ1v) is 7.69. The van der Waals surface area contributed by atoms with Crippen LogP contribution >= 0.6 is 15.9 Å². The number of benzene rings is 2. The Bertz CT molecular complexity index is 1000. The SMILES string of the molecule is O=C(c1ccc(Br)cc1)c1cnn2ccc3ccccc3c12. The van der Waals surface area contributed by atoms with Gasteiger partial charge in [0.1, 0.15) is 0 Å². The van der Waals surface area contributed by atoms with Crippen molar-refractivity contribution in [1.29, 1.82) is 0 Å². The van der Waals surface area contributed by atoms with Crippen LogP contribution in [-0.4, -0.2) is 15.4 Å². The van der Waals surface area contributed by atoms with E-state index in [9.17, 15) is 4.79 Å². The molecule has 4 rings (SSSR count). The van der Waals surface area contributed by atoms with Gasteiger partial charge in [-0.15, -0.1) is 0 Å². The molecule has 0 amide bonds. The highest BCUT2D eigenvalue weighted by atomic mass is 79.9. The Morgan fingerprint density at radius 2 is 1.77 bits per heavy atom. The third-order valence-corrected chi connectivity index (χ3v) is 4.29. The lowest BCUT2D eigenvalue weighted by atomic mass is 10.0. The van der Waals surface area contributed by atoms with Crippen molar-refractivity contribution >= 4 is 38.0 Å². The molecule has 0 spiro atoms. The largest absolute Gasteiger partial charge is 0.288 e. The normalized spacial score (nSPS) is 11.1. The maximum atomic E-state index is 12.8. The van der Waals surface area contributed by atoms with Gasteiger partial charge < -0.3 is 0 Å². The van der Waals surface area contributed by atoms with Gasteiger partial charge in [0.25, 0.3) is 0 Å². The van der Waals surface area contributed by atoms with Crippen molar-refractivity contribution in [3.05, 3.63) is 82.6 Å². The van der Waals surface area contributed by atoms with Gasteiger partial charge >= 0.3 is 0 Å². The fourth-order valence-corrected chi connectivity index (χ4v) is 2.94. The lowest BCUT2D eigenvalue weighted by Gasteiger charge is -2.04. The summed E-state index contributed by atoms with van der Waals surface area (Å²) in [6.07, 6.45) is 3.53. The zero-order valence-corrected chi connectivity index (χ0v) is 13.1. The molecule has 22 heavy (non-hydrogen) atoms. The second kappa shape index (κ2) is 5.07. The quantitative estimate of drug-likeness (QED) is 0.499. The molecule has 0 fully saturated rings. The Morgan fingerprint density at radius 3 is 2.59 bits per heavy atom. The summed E-state index contributed by atoms with van der Waals surface area (Å²) in [5.41, 5.74) is 2.14. The smallest absolute Gasteiger partial charge is 0.196 e. The highest BCUT2D eigenvalue weighted by molar-refractivity contribution is 9.10. The lowest BCUT2D eigenvalue weighted by Crippen LogP contribution is -2.01. The Hall–Kier alpha value is -2.46. The first kappa shape index (κ1) is 13.2. The fraction of sp³-hybridized carbons (Fsp3) is 0. The molecule has 0 aliphatic heterocycles. The molecule has 0 saturated heterocycles. The lowest BCUT2D eigenvalue weighted by molar-refractivity contribution is 0.104. The number of ketones is 1. The molecule has 2 heterocycles. The van der Waals surface area contributed by atoms with Crippen molar-refractivity contribution in [3.8, 4) is 0 Å². The monoisotopic (exact) mass is 350 g/mol. The number of carbonyl (C=O) groups is 1. The van der Waals surface area contributed by atoms with E-state index in [-0.39, 0.29) is 5.78 Å².